The number of rotatable bonds is 5. The Morgan fingerprint density at radius 2 is 2.17 bits per heavy atom. The molecule has 0 aliphatic heterocycles. The molecule has 0 aliphatic rings. The third-order valence-electron chi connectivity index (χ3n) is 1.93. The quantitative estimate of drug-likeness (QED) is 0.562. The van der Waals surface area contributed by atoms with Crippen LogP contribution < -0.4 is 16.4 Å². The van der Waals surface area contributed by atoms with Gasteiger partial charge in [0, 0.05) is 6.20 Å². The van der Waals surface area contributed by atoms with Gasteiger partial charge in [0.1, 0.15) is 6.04 Å². The zero-order valence-electron chi connectivity index (χ0n) is 9.29. The maximum absolute atomic E-state index is 11.4. The first-order valence-corrected chi connectivity index (χ1v) is 4.97. The van der Waals surface area contributed by atoms with E-state index in [1.165, 1.54) is 12.4 Å². The minimum Gasteiger partial charge on any atom is -0.480 e. The number of primary amides is 1. The van der Waals surface area contributed by atoms with Crippen molar-refractivity contribution in [1.29, 1.82) is 0 Å². The van der Waals surface area contributed by atoms with E-state index in [1.807, 2.05) is 0 Å². The van der Waals surface area contributed by atoms with Crippen molar-refractivity contribution in [3.8, 4) is 0 Å². The SMILES string of the molecule is NC(=O)C[C@H](NC(=O)Nc1cccnc1)C(=O)O. The average Bonchev–Trinajstić information content (AvgIpc) is 2.28. The number of carbonyl (C=O) groups excluding carboxylic acids is 2. The number of amides is 3. The van der Waals surface area contributed by atoms with Crippen molar-refractivity contribution < 1.29 is 19.5 Å². The number of aliphatic carboxylic acids is 1. The summed E-state index contributed by atoms with van der Waals surface area (Å²) in [6, 6.07) is 1.07. The number of hydrogen-bond donors (Lipinski definition) is 4. The van der Waals surface area contributed by atoms with Crippen molar-refractivity contribution in [2.45, 2.75) is 12.5 Å². The number of urea groups is 1. The molecule has 0 aliphatic carbocycles. The first-order valence-electron chi connectivity index (χ1n) is 4.97. The Hall–Kier alpha value is -2.64. The number of carbonyl (C=O) groups is 3. The average molecular weight is 252 g/mol. The molecule has 1 atom stereocenters. The molecule has 1 heterocycles. The van der Waals surface area contributed by atoms with Crippen LogP contribution in [0, 0.1) is 0 Å². The van der Waals surface area contributed by atoms with E-state index in [2.05, 4.69) is 15.6 Å². The van der Waals surface area contributed by atoms with Crippen LogP contribution >= 0.6 is 0 Å². The van der Waals surface area contributed by atoms with Crippen LogP contribution in [0.5, 0.6) is 0 Å². The summed E-state index contributed by atoms with van der Waals surface area (Å²) in [5, 5.41) is 13.3. The van der Waals surface area contributed by atoms with Crippen LogP contribution in [-0.4, -0.2) is 34.0 Å². The summed E-state index contributed by atoms with van der Waals surface area (Å²) in [6.45, 7) is 0. The zero-order chi connectivity index (χ0) is 13.5. The molecule has 0 spiro atoms. The molecule has 96 valence electrons. The fraction of sp³-hybridized carbons (Fsp3) is 0.200. The Morgan fingerprint density at radius 3 is 2.67 bits per heavy atom. The Bertz CT molecular complexity index is 448. The number of anilines is 1. The highest BCUT2D eigenvalue weighted by molar-refractivity contribution is 5.93. The molecule has 3 amide bonds. The third-order valence-corrected chi connectivity index (χ3v) is 1.93. The Labute approximate surface area is 102 Å². The first kappa shape index (κ1) is 13.4. The molecule has 1 aromatic heterocycles. The second-order valence-electron chi connectivity index (χ2n) is 3.40. The Kier molecular flexibility index (Phi) is 4.61. The Balaban J connectivity index is 2.56. The minimum absolute atomic E-state index is 0.401. The number of nitrogens with two attached hydrogens (primary N) is 1. The van der Waals surface area contributed by atoms with Crippen molar-refractivity contribution in [3.05, 3.63) is 24.5 Å². The van der Waals surface area contributed by atoms with Crippen molar-refractivity contribution in [1.82, 2.24) is 10.3 Å². The molecule has 0 bridgehead atoms. The maximum atomic E-state index is 11.4. The fourth-order valence-corrected chi connectivity index (χ4v) is 1.16. The summed E-state index contributed by atoms with van der Waals surface area (Å²) in [6.07, 6.45) is 2.44. The van der Waals surface area contributed by atoms with E-state index in [-0.39, 0.29) is 0 Å². The molecule has 0 fully saturated rings. The highest BCUT2D eigenvalue weighted by Gasteiger charge is 2.21. The van der Waals surface area contributed by atoms with Gasteiger partial charge in [0.25, 0.3) is 0 Å². The molecule has 0 saturated carbocycles. The van der Waals surface area contributed by atoms with Gasteiger partial charge in [-0.2, -0.15) is 0 Å². The number of pyridine rings is 1. The summed E-state index contributed by atoms with van der Waals surface area (Å²) in [4.78, 5) is 36.6. The second-order valence-corrected chi connectivity index (χ2v) is 3.40. The predicted octanol–water partition coefficient (Wildman–Crippen LogP) is -0.468. The maximum Gasteiger partial charge on any atom is 0.326 e. The lowest BCUT2D eigenvalue weighted by atomic mass is 10.2. The second kappa shape index (κ2) is 6.18. The number of nitrogens with one attached hydrogen (secondary N) is 2. The summed E-state index contributed by atoms with van der Waals surface area (Å²) in [7, 11) is 0. The van der Waals surface area contributed by atoms with Gasteiger partial charge in [0.2, 0.25) is 5.91 Å². The monoisotopic (exact) mass is 252 g/mol. The highest BCUT2D eigenvalue weighted by atomic mass is 16.4. The smallest absolute Gasteiger partial charge is 0.326 e. The molecule has 1 aromatic rings. The largest absolute Gasteiger partial charge is 0.480 e. The van der Waals surface area contributed by atoms with Crippen LogP contribution in [0.25, 0.3) is 0 Å². The van der Waals surface area contributed by atoms with Crippen LogP contribution in [0.15, 0.2) is 24.5 Å². The Morgan fingerprint density at radius 1 is 1.44 bits per heavy atom. The molecule has 18 heavy (non-hydrogen) atoms. The molecule has 8 heteroatoms. The fourth-order valence-electron chi connectivity index (χ4n) is 1.16. The van der Waals surface area contributed by atoms with Crippen molar-refractivity contribution in [3.63, 3.8) is 0 Å². The van der Waals surface area contributed by atoms with Gasteiger partial charge in [-0.05, 0) is 12.1 Å². The van der Waals surface area contributed by atoms with E-state index in [1.54, 1.807) is 12.1 Å². The molecular formula is C10H12N4O4. The molecule has 8 nitrogen and oxygen atoms in total. The highest BCUT2D eigenvalue weighted by Crippen LogP contribution is 2.02. The number of carboxylic acids is 1. The third kappa shape index (κ3) is 4.47. The van der Waals surface area contributed by atoms with Crippen LogP contribution in [-0.2, 0) is 9.59 Å². The van der Waals surface area contributed by atoms with Crippen molar-refractivity contribution in [2.24, 2.45) is 5.73 Å². The van der Waals surface area contributed by atoms with E-state index < -0.39 is 30.4 Å². The van der Waals surface area contributed by atoms with Crippen molar-refractivity contribution >= 4 is 23.6 Å². The van der Waals surface area contributed by atoms with E-state index in [9.17, 15) is 14.4 Å². The lowest BCUT2D eigenvalue weighted by Crippen LogP contribution is -2.45. The van der Waals surface area contributed by atoms with Gasteiger partial charge in [-0.25, -0.2) is 9.59 Å². The molecule has 5 N–H and O–H groups in total. The molecule has 0 radical (unpaired) electrons. The van der Waals surface area contributed by atoms with E-state index in [4.69, 9.17) is 10.8 Å². The van der Waals surface area contributed by atoms with Crippen molar-refractivity contribution in [2.75, 3.05) is 5.32 Å². The molecule has 0 unspecified atom stereocenters. The summed E-state index contributed by atoms with van der Waals surface area (Å²) in [5.74, 6) is -2.15. The van der Waals surface area contributed by atoms with Gasteiger partial charge in [-0.3, -0.25) is 9.78 Å². The van der Waals surface area contributed by atoms with E-state index in [0.29, 0.717) is 5.69 Å². The van der Waals surface area contributed by atoms with Crippen LogP contribution in [0.2, 0.25) is 0 Å². The number of aromatic nitrogens is 1. The first-order chi connectivity index (χ1) is 8.49. The molecular weight excluding hydrogens is 240 g/mol. The molecule has 0 aromatic carbocycles. The molecule has 0 saturated heterocycles. The number of hydrogen-bond acceptors (Lipinski definition) is 4. The van der Waals surface area contributed by atoms with Gasteiger partial charge < -0.3 is 21.5 Å². The van der Waals surface area contributed by atoms with Gasteiger partial charge in [-0.15, -0.1) is 0 Å². The van der Waals surface area contributed by atoms with Gasteiger partial charge in [0.15, 0.2) is 0 Å². The minimum atomic E-state index is -1.36. The summed E-state index contributed by atoms with van der Waals surface area (Å²) < 4.78 is 0. The van der Waals surface area contributed by atoms with Crippen LogP contribution in [0.4, 0.5) is 10.5 Å². The number of carboxylic acid groups (broad SMARTS) is 1. The summed E-state index contributed by atoms with van der Waals surface area (Å²) in [5.41, 5.74) is 5.28. The van der Waals surface area contributed by atoms with Crippen LogP contribution in [0.3, 0.4) is 0 Å². The topological polar surface area (TPSA) is 134 Å². The van der Waals surface area contributed by atoms with Crippen LogP contribution in [0.1, 0.15) is 6.42 Å². The van der Waals surface area contributed by atoms with Gasteiger partial charge >= 0.3 is 12.0 Å². The van der Waals surface area contributed by atoms with Gasteiger partial charge in [-0.1, -0.05) is 0 Å². The standard InChI is InChI=1S/C10H12N4O4/c11-8(15)4-7(9(16)17)14-10(18)13-6-2-1-3-12-5-6/h1-3,5,7H,4H2,(H2,11,15)(H,16,17)(H2,13,14,18)/t7-/m0/s1. The predicted molar refractivity (Wildman–Crippen MR) is 61.6 cm³/mol. The van der Waals surface area contributed by atoms with Gasteiger partial charge in [0.05, 0.1) is 18.3 Å². The normalized spacial score (nSPS) is 11.3. The number of nitrogens with zero attached hydrogens (tertiary/aromatic N) is 1. The van der Waals surface area contributed by atoms with E-state index in [0.717, 1.165) is 0 Å². The lowest BCUT2D eigenvalue weighted by molar-refractivity contribution is -0.140. The molecule has 1 rings (SSSR count). The summed E-state index contributed by atoms with van der Waals surface area (Å²) >= 11 is 0. The lowest BCUT2D eigenvalue weighted by Gasteiger charge is -2.13. The zero-order valence-corrected chi connectivity index (χ0v) is 9.29. The van der Waals surface area contributed by atoms with E-state index >= 15 is 0 Å².